The van der Waals surface area contributed by atoms with E-state index in [0.717, 1.165) is 22.3 Å². The van der Waals surface area contributed by atoms with Gasteiger partial charge in [-0.2, -0.15) is 0 Å². The molecular weight excluding hydrogens is 577 g/mol. The normalized spacial score (nSPS) is 20.3. The zero-order valence-corrected chi connectivity index (χ0v) is 24.7. The lowest BCUT2D eigenvalue weighted by atomic mass is 9.90. The topological polar surface area (TPSA) is 103 Å². The maximum Gasteiger partial charge on any atom is 0.228 e. The minimum atomic E-state index is -0.677. The molecule has 42 heavy (non-hydrogen) atoms. The van der Waals surface area contributed by atoms with Crippen LogP contribution in [0.4, 0.5) is 5.69 Å². The second-order valence-electron chi connectivity index (χ2n) is 10.4. The van der Waals surface area contributed by atoms with E-state index >= 15 is 0 Å². The number of carbonyl (C=O) groups excluding carboxylic acids is 2. The van der Waals surface area contributed by atoms with Crippen LogP contribution in [-0.4, -0.2) is 32.5 Å². The third kappa shape index (κ3) is 6.91. The van der Waals surface area contributed by atoms with Gasteiger partial charge in [-0.1, -0.05) is 90.8 Å². The van der Waals surface area contributed by atoms with Crippen molar-refractivity contribution < 1.29 is 24.2 Å². The zero-order chi connectivity index (χ0) is 29.8. The van der Waals surface area contributed by atoms with Crippen LogP contribution < -0.4 is 5.32 Å². The smallest absolute Gasteiger partial charge is 0.228 e. The van der Waals surface area contributed by atoms with Crippen LogP contribution in [0.2, 0.25) is 10.3 Å². The van der Waals surface area contributed by atoms with Crippen molar-refractivity contribution in [2.45, 2.75) is 51.9 Å². The van der Waals surface area contributed by atoms with Gasteiger partial charge in [0.25, 0.3) is 0 Å². The summed E-state index contributed by atoms with van der Waals surface area (Å²) in [6.07, 6.45) is 0.493. The van der Waals surface area contributed by atoms with Crippen LogP contribution in [0, 0.1) is 5.92 Å². The SMILES string of the molecule is CC(=O)c1cccc(NC(=O)Cc2ccc(C3O[C@H](Cn4cnc(Cl)c4Cl)[C@H](C)[C@H](c4ccc(CO)cc4)O3)cc2)c1. The molecule has 1 fully saturated rings. The van der Waals surface area contributed by atoms with Crippen molar-refractivity contribution in [3.8, 4) is 0 Å². The van der Waals surface area contributed by atoms with E-state index in [0.29, 0.717) is 22.9 Å². The van der Waals surface area contributed by atoms with Gasteiger partial charge in [0.15, 0.2) is 17.2 Å². The quantitative estimate of drug-likeness (QED) is 0.209. The number of anilines is 1. The van der Waals surface area contributed by atoms with Crippen LogP contribution in [-0.2, 0) is 33.8 Å². The largest absolute Gasteiger partial charge is 0.392 e. The van der Waals surface area contributed by atoms with Gasteiger partial charge in [-0.15, -0.1) is 0 Å². The van der Waals surface area contributed by atoms with Crippen molar-refractivity contribution in [1.29, 1.82) is 0 Å². The lowest BCUT2D eigenvalue weighted by Crippen LogP contribution is -2.39. The Hall–Kier alpha value is -3.53. The molecular formula is C32H31Cl2N3O5. The zero-order valence-electron chi connectivity index (χ0n) is 23.2. The van der Waals surface area contributed by atoms with Crippen LogP contribution in [0.15, 0.2) is 79.1 Å². The summed E-state index contributed by atoms with van der Waals surface area (Å²) in [6, 6.07) is 22.1. The Morgan fingerprint density at radius 2 is 1.67 bits per heavy atom. The molecule has 0 radical (unpaired) electrons. The first-order valence-corrected chi connectivity index (χ1v) is 14.3. The van der Waals surface area contributed by atoms with E-state index in [4.69, 9.17) is 32.7 Å². The first-order chi connectivity index (χ1) is 20.2. The van der Waals surface area contributed by atoms with Crippen molar-refractivity contribution in [2.24, 2.45) is 5.92 Å². The van der Waals surface area contributed by atoms with Gasteiger partial charge in [0.2, 0.25) is 5.91 Å². The van der Waals surface area contributed by atoms with E-state index in [1.165, 1.54) is 6.92 Å². The van der Waals surface area contributed by atoms with Gasteiger partial charge >= 0.3 is 0 Å². The Kier molecular flexibility index (Phi) is 9.40. The van der Waals surface area contributed by atoms with Crippen molar-refractivity contribution in [1.82, 2.24) is 9.55 Å². The molecule has 0 aliphatic carbocycles. The summed E-state index contributed by atoms with van der Waals surface area (Å²) in [7, 11) is 0. The van der Waals surface area contributed by atoms with Crippen LogP contribution in [0.3, 0.4) is 0 Å². The predicted octanol–water partition coefficient (Wildman–Crippen LogP) is 6.56. The predicted molar refractivity (Wildman–Crippen MR) is 160 cm³/mol. The Labute approximate surface area is 254 Å². The maximum atomic E-state index is 12.7. The number of halogens is 2. The highest BCUT2D eigenvalue weighted by Crippen LogP contribution is 2.42. The van der Waals surface area contributed by atoms with Crippen LogP contribution >= 0.6 is 23.2 Å². The van der Waals surface area contributed by atoms with E-state index in [2.05, 4.69) is 17.2 Å². The fourth-order valence-corrected chi connectivity index (χ4v) is 5.30. The third-order valence-electron chi connectivity index (χ3n) is 7.40. The van der Waals surface area contributed by atoms with Crippen LogP contribution in [0.1, 0.15) is 58.9 Å². The molecule has 1 unspecified atom stereocenters. The molecule has 0 spiro atoms. The van der Waals surface area contributed by atoms with Gasteiger partial charge < -0.3 is 24.5 Å². The lowest BCUT2D eigenvalue weighted by molar-refractivity contribution is -0.276. The third-order valence-corrected chi connectivity index (χ3v) is 8.17. The second kappa shape index (κ2) is 13.2. The molecule has 4 aromatic rings. The fourth-order valence-electron chi connectivity index (χ4n) is 4.99. The van der Waals surface area contributed by atoms with Gasteiger partial charge in [-0.05, 0) is 35.7 Å². The van der Waals surface area contributed by atoms with Crippen LogP contribution in [0.5, 0.6) is 0 Å². The number of amides is 1. The number of hydrogen-bond acceptors (Lipinski definition) is 6. The number of benzene rings is 3. The molecule has 2 N–H and O–H groups in total. The van der Waals surface area contributed by atoms with Crippen molar-refractivity contribution in [3.05, 3.63) is 117 Å². The van der Waals surface area contributed by atoms with Gasteiger partial charge in [-0.3, -0.25) is 9.59 Å². The number of Topliss-reactive ketones (excluding diaryl/α,β-unsaturated/α-hetero) is 1. The van der Waals surface area contributed by atoms with Gasteiger partial charge in [0, 0.05) is 22.7 Å². The number of aliphatic hydroxyl groups excluding tert-OH is 1. The molecule has 5 rings (SSSR count). The highest BCUT2D eigenvalue weighted by atomic mass is 35.5. The summed E-state index contributed by atoms with van der Waals surface area (Å²) in [5.74, 6) is -0.306. The molecule has 10 heteroatoms. The Morgan fingerprint density at radius 3 is 2.31 bits per heavy atom. The summed E-state index contributed by atoms with van der Waals surface area (Å²) >= 11 is 12.4. The highest BCUT2D eigenvalue weighted by Gasteiger charge is 2.38. The number of hydrogen-bond donors (Lipinski definition) is 2. The van der Waals surface area contributed by atoms with E-state index in [9.17, 15) is 14.7 Å². The fraction of sp³-hybridized carbons (Fsp3) is 0.281. The minimum Gasteiger partial charge on any atom is -0.392 e. The van der Waals surface area contributed by atoms with E-state index in [-0.39, 0.29) is 48.0 Å². The monoisotopic (exact) mass is 607 g/mol. The molecule has 8 nitrogen and oxygen atoms in total. The molecule has 1 saturated heterocycles. The first-order valence-electron chi connectivity index (χ1n) is 13.6. The Balaban J connectivity index is 1.32. The average Bonchev–Trinajstić information content (AvgIpc) is 3.31. The summed E-state index contributed by atoms with van der Waals surface area (Å²) in [4.78, 5) is 28.4. The highest BCUT2D eigenvalue weighted by molar-refractivity contribution is 6.40. The standard InChI is InChI=1S/C32H31Cl2N3O5/c1-19-27(16-37-18-35-30(33)31(37)34)41-32(42-29(19)23-10-8-22(17-38)9-11-23)24-12-6-21(7-13-24)14-28(40)36-26-5-3-4-25(15-26)20(2)39/h3-13,15,18-19,27,29,32,38H,14,16-17H2,1-2H3,(H,36,40)/t19-,27+,29+,32?/m0/s1. The molecule has 2 heterocycles. The van der Waals surface area contributed by atoms with Crippen molar-refractivity contribution >= 4 is 40.6 Å². The van der Waals surface area contributed by atoms with Crippen molar-refractivity contribution in [2.75, 3.05) is 5.32 Å². The van der Waals surface area contributed by atoms with E-state index < -0.39 is 6.29 Å². The molecule has 0 saturated carbocycles. The molecule has 0 bridgehead atoms. The first kappa shape index (κ1) is 29.9. The van der Waals surface area contributed by atoms with Crippen molar-refractivity contribution in [3.63, 3.8) is 0 Å². The molecule has 218 valence electrons. The number of aromatic nitrogens is 2. The number of ketones is 1. The number of carbonyl (C=O) groups is 2. The van der Waals surface area contributed by atoms with Gasteiger partial charge in [0.1, 0.15) is 5.15 Å². The Bertz CT molecular complexity index is 1560. The summed E-state index contributed by atoms with van der Waals surface area (Å²) in [5, 5.41) is 12.9. The molecule has 1 amide bonds. The number of ether oxygens (including phenoxy) is 2. The number of imidazole rings is 1. The van der Waals surface area contributed by atoms with E-state index in [1.807, 2.05) is 48.5 Å². The number of aliphatic hydroxyl groups is 1. The minimum absolute atomic E-state index is 0.0369. The van der Waals surface area contributed by atoms with Crippen LogP contribution in [0.25, 0.3) is 0 Å². The van der Waals surface area contributed by atoms with E-state index in [1.54, 1.807) is 35.2 Å². The Morgan fingerprint density at radius 1 is 0.976 bits per heavy atom. The number of nitrogens with zero attached hydrogens (tertiary/aromatic N) is 2. The maximum absolute atomic E-state index is 12.7. The summed E-state index contributed by atoms with van der Waals surface area (Å²) < 4.78 is 14.7. The average molecular weight is 609 g/mol. The molecule has 1 aliphatic rings. The summed E-state index contributed by atoms with van der Waals surface area (Å²) in [5.41, 5.74) is 4.52. The molecule has 1 aliphatic heterocycles. The summed E-state index contributed by atoms with van der Waals surface area (Å²) in [6.45, 7) is 3.94. The van der Waals surface area contributed by atoms with Gasteiger partial charge in [0.05, 0.1) is 38.1 Å². The van der Waals surface area contributed by atoms with Gasteiger partial charge in [-0.25, -0.2) is 4.98 Å². The second-order valence-corrected chi connectivity index (χ2v) is 11.1. The lowest BCUT2D eigenvalue weighted by Gasteiger charge is -2.41. The number of nitrogens with one attached hydrogen (secondary N) is 1. The molecule has 3 aromatic carbocycles. The molecule has 4 atom stereocenters. The number of rotatable bonds is 9. The molecule has 1 aromatic heterocycles.